The smallest absolute Gasteiger partial charge is 0.263 e. The summed E-state index contributed by atoms with van der Waals surface area (Å²) in [6.07, 6.45) is 0.849. The summed E-state index contributed by atoms with van der Waals surface area (Å²) in [5.74, 6) is 0.0989. The number of carbonyl (C=O) groups excluding carboxylic acids is 1. The van der Waals surface area contributed by atoms with Crippen molar-refractivity contribution < 1.29 is 4.79 Å². The minimum Gasteiger partial charge on any atom is -0.341 e. The molecule has 0 bridgehead atoms. The Morgan fingerprint density at radius 3 is 3.00 bits per heavy atom. The van der Waals surface area contributed by atoms with Crippen LogP contribution in [0, 0.1) is 0 Å². The molecule has 86 valence electrons. The predicted molar refractivity (Wildman–Crippen MR) is 70.3 cm³/mol. The molecule has 3 nitrogen and oxygen atoms in total. The Morgan fingerprint density at radius 1 is 1.50 bits per heavy atom. The first kappa shape index (κ1) is 11.6. The Morgan fingerprint density at radius 2 is 2.31 bits per heavy atom. The van der Waals surface area contributed by atoms with Gasteiger partial charge < -0.3 is 10.6 Å². The number of hydrogen-bond donors (Lipinski definition) is 1. The van der Waals surface area contributed by atoms with E-state index in [0.717, 1.165) is 17.8 Å². The van der Waals surface area contributed by atoms with Crippen molar-refractivity contribution in [3.05, 3.63) is 22.4 Å². The molecule has 0 aliphatic heterocycles. The molecular weight excluding hydrogens is 240 g/mol. The van der Waals surface area contributed by atoms with E-state index >= 15 is 0 Å². The molecule has 0 unspecified atom stereocenters. The van der Waals surface area contributed by atoms with Gasteiger partial charge in [-0.3, -0.25) is 4.79 Å². The number of fused-ring (bicyclic) bond motifs is 1. The molecule has 0 atom stereocenters. The molecule has 0 fully saturated rings. The van der Waals surface area contributed by atoms with Gasteiger partial charge in [-0.15, -0.1) is 22.7 Å². The van der Waals surface area contributed by atoms with E-state index in [1.54, 1.807) is 27.6 Å². The van der Waals surface area contributed by atoms with Crippen LogP contribution in [0.1, 0.15) is 16.1 Å². The summed E-state index contributed by atoms with van der Waals surface area (Å²) >= 11 is 3.24. The van der Waals surface area contributed by atoms with Crippen LogP contribution in [0.3, 0.4) is 0 Å². The van der Waals surface area contributed by atoms with Gasteiger partial charge in [0.15, 0.2) is 0 Å². The highest BCUT2D eigenvalue weighted by Crippen LogP contribution is 2.30. The lowest BCUT2D eigenvalue weighted by molar-refractivity contribution is 0.0799. The van der Waals surface area contributed by atoms with Gasteiger partial charge in [-0.05, 0) is 30.5 Å². The van der Waals surface area contributed by atoms with Gasteiger partial charge in [0.2, 0.25) is 0 Å². The number of carbonyl (C=O) groups is 1. The van der Waals surface area contributed by atoms with E-state index in [2.05, 4.69) is 6.07 Å². The van der Waals surface area contributed by atoms with Crippen molar-refractivity contribution in [2.45, 2.75) is 6.42 Å². The Bertz CT molecular complexity index is 460. The molecule has 2 N–H and O–H groups in total. The van der Waals surface area contributed by atoms with Crippen LogP contribution in [0.2, 0.25) is 0 Å². The molecule has 0 saturated heterocycles. The average molecular weight is 254 g/mol. The lowest BCUT2D eigenvalue weighted by atomic mass is 10.3. The summed E-state index contributed by atoms with van der Waals surface area (Å²) in [5.41, 5.74) is 5.43. The van der Waals surface area contributed by atoms with Gasteiger partial charge in [0.05, 0.1) is 4.88 Å². The fraction of sp³-hybridized carbons (Fsp3) is 0.364. The molecule has 0 aromatic carbocycles. The van der Waals surface area contributed by atoms with Crippen LogP contribution in [-0.2, 0) is 0 Å². The zero-order valence-electron chi connectivity index (χ0n) is 9.10. The molecule has 2 heterocycles. The number of nitrogens with zero attached hydrogens (tertiary/aromatic N) is 1. The van der Waals surface area contributed by atoms with Crippen molar-refractivity contribution in [2.24, 2.45) is 5.73 Å². The Hall–Kier alpha value is -0.910. The second-order valence-electron chi connectivity index (χ2n) is 3.63. The Kier molecular flexibility index (Phi) is 3.58. The third kappa shape index (κ3) is 2.26. The van der Waals surface area contributed by atoms with Gasteiger partial charge in [0, 0.05) is 23.0 Å². The number of rotatable bonds is 4. The summed E-state index contributed by atoms with van der Waals surface area (Å²) < 4.78 is 2.39. The van der Waals surface area contributed by atoms with E-state index in [-0.39, 0.29) is 5.91 Å². The summed E-state index contributed by atoms with van der Waals surface area (Å²) in [5, 5.41) is 2.05. The normalized spacial score (nSPS) is 10.9. The first-order valence-corrected chi connectivity index (χ1v) is 6.84. The largest absolute Gasteiger partial charge is 0.341 e. The van der Waals surface area contributed by atoms with E-state index < -0.39 is 0 Å². The van der Waals surface area contributed by atoms with Crippen molar-refractivity contribution in [3.63, 3.8) is 0 Å². The van der Waals surface area contributed by atoms with Gasteiger partial charge in [0.1, 0.15) is 0 Å². The minimum atomic E-state index is 0.0989. The molecule has 2 rings (SSSR count). The molecule has 16 heavy (non-hydrogen) atoms. The molecule has 2 aromatic rings. The average Bonchev–Trinajstić information content (AvgIpc) is 2.84. The van der Waals surface area contributed by atoms with Crippen LogP contribution in [-0.4, -0.2) is 30.9 Å². The SMILES string of the molecule is CN(CCCN)C(=O)c1cc2sccc2s1. The summed E-state index contributed by atoms with van der Waals surface area (Å²) in [7, 11) is 1.83. The van der Waals surface area contributed by atoms with Crippen LogP contribution < -0.4 is 5.73 Å². The van der Waals surface area contributed by atoms with Crippen LogP contribution >= 0.6 is 22.7 Å². The number of nitrogens with two attached hydrogens (primary N) is 1. The highest BCUT2D eigenvalue weighted by atomic mass is 32.1. The van der Waals surface area contributed by atoms with Crippen molar-refractivity contribution >= 4 is 38.0 Å². The van der Waals surface area contributed by atoms with Crippen molar-refractivity contribution in [2.75, 3.05) is 20.1 Å². The molecule has 0 aliphatic carbocycles. The van der Waals surface area contributed by atoms with E-state index in [4.69, 9.17) is 5.73 Å². The van der Waals surface area contributed by atoms with Crippen LogP contribution in [0.15, 0.2) is 17.5 Å². The van der Waals surface area contributed by atoms with E-state index in [9.17, 15) is 4.79 Å². The maximum absolute atomic E-state index is 12.0. The molecule has 0 aliphatic rings. The first-order chi connectivity index (χ1) is 7.72. The fourth-order valence-corrected chi connectivity index (χ4v) is 3.59. The van der Waals surface area contributed by atoms with Gasteiger partial charge in [0.25, 0.3) is 5.91 Å². The van der Waals surface area contributed by atoms with E-state index in [0.29, 0.717) is 6.54 Å². The maximum Gasteiger partial charge on any atom is 0.263 e. The summed E-state index contributed by atoms with van der Waals surface area (Å²) in [6, 6.07) is 4.03. The molecule has 2 aromatic heterocycles. The van der Waals surface area contributed by atoms with Crippen LogP contribution in [0.4, 0.5) is 0 Å². The second-order valence-corrected chi connectivity index (χ2v) is 5.66. The molecular formula is C11H14N2OS2. The van der Waals surface area contributed by atoms with Gasteiger partial charge in [-0.1, -0.05) is 0 Å². The molecule has 0 spiro atoms. The number of thiophene rings is 2. The third-order valence-electron chi connectivity index (χ3n) is 2.39. The fourth-order valence-electron chi connectivity index (χ4n) is 1.49. The van der Waals surface area contributed by atoms with Crippen molar-refractivity contribution in [1.82, 2.24) is 4.90 Å². The lowest BCUT2D eigenvalue weighted by Crippen LogP contribution is -2.28. The third-order valence-corrected chi connectivity index (χ3v) is 4.48. The zero-order chi connectivity index (χ0) is 11.5. The zero-order valence-corrected chi connectivity index (χ0v) is 10.7. The minimum absolute atomic E-state index is 0.0989. The molecule has 0 radical (unpaired) electrons. The standard InChI is InChI=1S/C11H14N2OS2/c1-13(5-2-4-12)11(14)10-7-9-8(16-10)3-6-15-9/h3,6-7H,2,4-5,12H2,1H3. The van der Waals surface area contributed by atoms with E-state index in [1.807, 2.05) is 18.5 Å². The van der Waals surface area contributed by atoms with Crippen LogP contribution in [0.5, 0.6) is 0 Å². The molecule has 0 saturated carbocycles. The maximum atomic E-state index is 12.0. The number of hydrogen-bond acceptors (Lipinski definition) is 4. The monoisotopic (exact) mass is 254 g/mol. The van der Waals surface area contributed by atoms with Crippen LogP contribution in [0.25, 0.3) is 9.40 Å². The van der Waals surface area contributed by atoms with E-state index in [1.165, 1.54) is 9.40 Å². The Labute approximate surface area is 102 Å². The van der Waals surface area contributed by atoms with Crippen molar-refractivity contribution in [3.8, 4) is 0 Å². The topological polar surface area (TPSA) is 46.3 Å². The van der Waals surface area contributed by atoms with Gasteiger partial charge >= 0.3 is 0 Å². The molecule has 1 amide bonds. The highest BCUT2D eigenvalue weighted by molar-refractivity contribution is 7.27. The summed E-state index contributed by atoms with van der Waals surface area (Å²) in [6.45, 7) is 1.35. The predicted octanol–water partition coefficient (Wildman–Crippen LogP) is 2.38. The van der Waals surface area contributed by atoms with Gasteiger partial charge in [-0.25, -0.2) is 0 Å². The quantitative estimate of drug-likeness (QED) is 0.910. The highest BCUT2D eigenvalue weighted by Gasteiger charge is 2.14. The van der Waals surface area contributed by atoms with Crippen molar-refractivity contribution in [1.29, 1.82) is 0 Å². The second kappa shape index (κ2) is 4.95. The number of amides is 1. The van der Waals surface area contributed by atoms with Gasteiger partial charge in [-0.2, -0.15) is 0 Å². The Balaban J connectivity index is 2.12. The molecule has 5 heteroatoms. The summed E-state index contributed by atoms with van der Waals surface area (Å²) in [4.78, 5) is 14.6. The lowest BCUT2D eigenvalue weighted by Gasteiger charge is -2.15. The first-order valence-electron chi connectivity index (χ1n) is 5.15.